The molecule has 106 valence electrons. The highest BCUT2D eigenvalue weighted by Gasteiger charge is 2.38. The molecular weight excluding hydrogens is 260 g/mol. The van der Waals surface area contributed by atoms with E-state index in [0.717, 1.165) is 5.71 Å². The molecule has 7 heteroatoms. The normalized spacial score (nSPS) is 16.4. The van der Waals surface area contributed by atoms with Gasteiger partial charge in [0.05, 0.1) is 4.92 Å². The molecule has 0 saturated heterocycles. The summed E-state index contributed by atoms with van der Waals surface area (Å²) in [4.78, 5) is 15.6. The Balaban J connectivity index is 2.36. The Morgan fingerprint density at radius 1 is 1.35 bits per heavy atom. The van der Waals surface area contributed by atoms with Gasteiger partial charge in [-0.05, 0) is 39.8 Å². The molecule has 0 bridgehead atoms. The fourth-order valence-electron chi connectivity index (χ4n) is 1.76. The number of nitro benzene ring substituents is 1. The van der Waals surface area contributed by atoms with Crippen molar-refractivity contribution >= 4 is 17.2 Å². The summed E-state index contributed by atoms with van der Waals surface area (Å²) in [5.74, 6) is 0.533. The lowest BCUT2D eigenvalue weighted by Gasteiger charge is -2.26. The van der Waals surface area contributed by atoms with E-state index in [4.69, 9.17) is 4.84 Å². The van der Waals surface area contributed by atoms with Gasteiger partial charge in [-0.3, -0.25) is 10.1 Å². The summed E-state index contributed by atoms with van der Waals surface area (Å²) in [5, 5.41) is 20.8. The molecule has 0 N–H and O–H groups in total. The number of nitrogens with zero attached hydrogens (tertiary/aromatic N) is 4. The van der Waals surface area contributed by atoms with Crippen LogP contribution in [0.3, 0.4) is 0 Å². The molecule has 0 saturated carbocycles. The minimum absolute atomic E-state index is 0.0363. The first-order valence-corrected chi connectivity index (χ1v) is 6.14. The largest absolute Gasteiger partial charge is 0.364 e. The van der Waals surface area contributed by atoms with E-state index in [1.807, 2.05) is 27.7 Å². The van der Waals surface area contributed by atoms with Crippen molar-refractivity contribution in [2.24, 2.45) is 10.3 Å². The second-order valence-corrected chi connectivity index (χ2v) is 5.12. The molecule has 0 unspecified atom stereocenters. The predicted octanol–water partition coefficient (Wildman–Crippen LogP) is 2.72. The number of oxime groups is 1. The minimum atomic E-state index is -0.686. The van der Waals surface area contributed by atoms with Crippen molar-refractivity contribution < 1.29 is 9.76 Å². The Labute approximate surface area is 116 Å². The van der Waals surface area contributed by atoms with Gasteiger partial charge in [-0.25, -0.2) is 0 Å². The van der Waals surface area contributed by atoms with Crippen LogP contribution in [0.4, 0.5) is 5.69 Å². The Morgan fingerprint density at radius 2 is 1.95 bits per heavy atom. The molecule has 20 heavy (non-hydrogen) atoms. The predicted molar refractivity (Wildman–Crippen MR) is 75.4 cm³/mol. The lowest BCUT2D eigenvalue weighted by atomic mass is 10.1. The van der Waals surface area contributed by atoms with Crippen molar-refractivity contribution in [2.45, 2.75) is 33.4 Å². The van der Waals surface area contributed by atoms with Crippen LogP contribution in [0.5, 0.6) is 0 Å². The molecule has 1 heterocycles. The van der Waals surface area contributed by atoms with Crippen LogP contribution < -0.4 is 0 Å². The molecule has 1 aliphatic rings. The molecule has 0 fully saturated rings. The Bertz CT molecular complexity index is 586. The highest BCUT2D eigenvalue weighted by Crippen LogP contribution is 2.28. The number of benzene rings is 1. The van der Waals surface area contributed by atoms with E-state index in [2.05, 4.69) is 10.3 Å². The molecule has 0 amide bonds. The SMILES string of the molecule is CC(C)=NN1C(c2ccc([N+](=O)[O-])cc2)=NOC1(C)C. The van der Waals surface area contributed by atoms with Crippen molar-refractivity contribution in [3.8, 4) is 0 Å². The Kier molecular flexibility index (Phi) is 3.44. The summed E-state index contributed by atoms with van der Waals surface area (Å²) >= 11 is 0. The first-order valence-electron chi connectivity index (χ1n) is 6.14. The van der Waals surface area contributed by atoms with Gasteiger partial charge in [-0.1, -0.05) is 5.16 Å². The standard InChI is InChI=1S/C13H16N4O3/c1-9(2)14-16-12(15-20-13(16,3)4)10-5-7-11(8-6-10)17(18)19/h5-8H,1-4H3. The van der Waals surface area contributed by atoms with Crippen molar-refractivity contribution in [3.05, 3.63) is 39.9 Å². The first-order chi connectivity index (χ1) is 9.31. The summed E-state index contributed by atoms with van der Waals surface area (Å²) in [5.41, 5.74) is 0.924. The molecule has 0 atom stereocenters. The van der Waals surface area contributed by atoms with Gasteiger partial charge in [-0.2, -0.15) is 10.1 Å². The monoisotopic (exact) mass is 276 g/mol. The topological polar surface area (TPSA) is 80.3 Å². The Morgan fingerprint density at radius 3 is 2.45 bits per heavy atom. The second-order valence-electron chi connectivity index (χ2n) is 5.12. The third kappa shape index (κ3) is 2.61. The zero-order chi connectivity index (χ0) is 14.9. The van der Waals surface area contributed by atoms with Crippen molar-refractivity contribution in [1.29, 1.82) is 0 Å². The fourth-order valence-corrected chi connectivity index (χ4v) is 1.76. The zero-order valence-electron chi connectivity index (χ0n) is 11.8. The minimum Gasteiger partial charge on any atom is -0.364 e. The van der Waals surface area contributed by atoms with Gasteiger partial charge >= 0.3 is 0 Å². The molecule has 7 nitrogen and oxygen atoms in total. The van der Waals surface area contributed by atoms with Gasteiger partial charge < -0.3 is 4.84 Å². The molecule has 1 aromatic rings. The van der Waals surface area contributed by atoms with Crippen LogP contribution >= 0.6 is 0 Å². The maximum Gasteiger partial charge on any atom is 0.269 e. The van der Waals surface area contributed by atoms with E-state index in [-0.39, 0.29) is 5.69 Å². The van der Waals surface area contributed by atoms with E-state index in [0.29, 0.717) is 11.4 Å². The van der Waals surface area contributed by atoms with Crippen LogP contribution in [0.25, 0.3) is 0 Å². The van der Waals surface area contributed by atoms with Gasteiger partial charge in [0.15, 0.2) is 5.84 Å². The third-order valence-corrected chi connectivity index (χ3v) is 2.70. The maximum atomic E-state index is 10.7. The number of nitro groups is 1. The molecule has 2 rings (SSSR count). The summed E-state index contributed by atoms with van der Waals surface area (Å²) in [6.07, 6.45) is 0. The van der Waals surface area contributed by atoms with Gasteiger partial charge in [0.2, 0.25) is 5.72 Å². The van der Waals surface area contributed by atoms with Crippen LogP contribution in [-0.4, -0.2) is 27.2 Å². The van der Waals surface area contributed by atoms with Gasteiger partial charge in [0, 0.05) is 23.4 Å². The molecule has 0 aliphatic carbocycles. The molecule has 1 aliphatic heterocycles. The van der Waals surface area contributed by atoms with E-state index in [9.17, 15) is 10.1 Å². The molecule has 0 spiro atoms. The summed E-state index contributed by atoms with van der Waals surface area (Å²) in [6, 6.07) is 6.14. The number of non-ortho nitro benzene ring substituents is 1. The van der Waals surface area contributed by atoms with Gasteiger partial charge in [0.25, 0.3) is 5.69 Å². The number of hydrogen-bond acceptors (Lipinski definition) is 6. The molecular formula is C13H16N4O3. The molecule has 0 radical (unpaired) electrons. The number of hydrazone groups is 1. The number of hydrogen-bond donors (Lipinski definition) is 0. The van der Waals surface area contributed by atoms with E-state index >= 15 is 0 Å². The smallest absolute Gasteiger partial charge is 0.269 e. The van der Waals surface area contributed by atoms with Crippen LogP contribution in [0, 0.1) is 10.1 Å². The maximum absolute atomic E-state index is 10.7. The second kappa shape index (κ2) is 4.92. The average Bonchev–Trinajstić information content (AvgIpc) is 2.65. The van der Waals surface area contributed by atoms with E-state index in [1.165, 1.54) is 12.1 Å². The average molecular weight is 276 g/mol. The quantitative estimate of drug-likeness (QED) is 0.483. The molecule has 1 aromatic carbocycles. The number of rotatable bonds is 3. The van der Waals surface area contributed by atoms with E-state index in [1.54, 1.807) is 17.1 Å². The lowest BCUT2D eigenvalue weighted by molar-refractivity contribution is -0.384. The van der Waals surface area contributed by atoms with Crippen LogP contribution in [0.1, 0.15) is 33.3 Å². The van der Waals surface area contributed by atoms with Gasteiger partial charge in [-0.15, -0.1) is 0 Å². The summed E-state index contributed by atoms with van der Waals surface area (Å²) < 4.78 is 0. The first kappa shape index (κ1) is 14.0. The Hall–Kier alpha value is -2.44. The van der Waals surface area contributed by atoms with Crippen molar-refractivity contribution in [1.82, 2.24) is 5.01 Å². The highest BCUT2D eigenvalue weighted by molar-refractivity contribution is 6.00. The number of amidine groups is 1. The highest BCUT2D eigenvalue weighted by atomic mass is 16.7. The fraction of sp³-hybridized carbons (Fsp3) is 0.385. The van der Waals surface area contributed by atoms with Gasteiger partial charge in [0.1, 0.15) is 0 Å². The van der Waals surface area contributed by atoms with Crippen LogP contribution in [0.2, 0.25) is 0 Å². The van der Waals surface area contributed by atoms with Crippen LogP contribution in [-0.2, 0) is 4.84 Å². The zero-order valence-corrected chi connectivity index (χ0v) is 11.8. The van der Waals surface area contributed by atoms with E-state index < -0.39 is 10.6 Å². The summed E-state index contributed by atoms with van der Waals surface area (Å²) in [6.45, 7) is 7.45. The lowest BCUT2D eigenvalue weighted by Crippen LogP contribution is -2.40. The van der Waals surface area contributed by atoms with Crippen LogP contribution in [0.15, 0.2) is 34.5 Å². The molecule has 0 aromatic heterocycles. The van der Waals surface area contributed by atoms with Crippen molar-refractivity contribution in [2.75, 3.05) is 0 Å². The van der Waals surface area contributed by atoms with Crippen molar-refractivity contribution in [3.63, 3.8) is 0 Å². The third-order valence-electron chi connectivity index (χ3n) is 2.70. The summed E-state index contributed by atoms with van der Waals surface area (Å²) in [7, 11) is 0.